The molecular weight excluding hydrogens is 254 g/mol. The average molecular weight is 269 g/mol. The monoisotopic (exact) mass is 269 g/mol. The number of nitrogens with zero attached hydrogens (tertiary/aromatic N) is 1. The lowest BCUT2D eigenvalue weighted by Crippen LogP contribution is -2.13. The quantitative estimate of drug-likeness (QED) is 0.538. The fourth-order valence-electron chi connectivity index (χ4n) is 2.26. The highest BCUT2D eigenvalue weighted by molar-refractivity contribution is 6.13. The molecule has 0 radical (unpaired) electrons. The number of carbonyl (C=O) groups is 1. The molecule has 3 rings (SSSR count). The number of hydrogen-bond donors (Lipinski definition) is 0. The highest BCUT2D eigenvalue weighted by Gasteiger charge is 2.22. The average Bonchev–Trinajstić information content (AvgIpc) is 2.40. The smallest absolute Gasteiger partial charge is 0.249 e. The van der Waals surface area contributed by atoms with E-state index in [9.17, 15) is 4.79 Å². The van der Waals surface area contributed by atoms with E-state index in [1.807, 2.05) is 62.3 Å². The van der Waals surface area contributed by atoms with Gasteiger partial charge in [-0.05, 0) is 13.0 Å². The van der Waals surface area contributed by atoms with Gasteiger partial charge >= 0.3 is 0 Å². The first-order valence-corrected chi connectivity index (χ1v) is 6.39. The van der Waals surface area contributed by atoms with Crippen LogP contribution in [0.1, 0.15) is 21.5 Å². The van der Waals surface area contributed by atoms with E-state index in [4.69, 9.17) is 9.15 Å². The molecule has 0 aliphatic rings. The van der Waals surface area contributed by atoms with Gasteiger partial charge in [-0.2, -0.15) is 0 Å². The Labute approximate surface area is 116 Å². The normalized spacial score (nSPS) is 10.9. The van der Waals surface area contributed by atoms with Crippen molar-refractivity contribution in [2.24, 2.45) is 0 Å². The van der Waals surface area contributed by atoms with E-state index in [-0.39, 0.29) is 5.78 Å². The first-order valence-electron chi connectivity index (χ1n) is 6.39. The van der Waals surface area contributed by atoms with Gasteiger partial charge in [-0.3, -0.25) is 13.9 Å². The Morgan fingerprint density at radius 2 is 1.70 bits per heavy atom. The lowest BCUT2D eigenvalue weighted by molar-refractivity contribution is 0.0586. The zero-order chi connectivity index (χ0) is 14.3. The van der Waals surface area contributed by atoms with Crippen LogP contribution >= 0.6 is 0 Å². The number of anilines is 1. The zero-order valence-corrected chi connectivity index (χ0v) is 11.6. The lowest BCUT2D eigenvalue weighted by atomic mass is 9.97. The molecule has 0 amide bonds. The van der Waals surface area contributed by atoms with Gasteiger partial charge in [-0.15, -0.1) is 0 Å². The molecule has 0 N–H and O–H groups in total. The molecule has 1 aromatic heterocycles. The maximum absolute atomic E-state index is 12.6. The van der Waals surface area contributed by atoms with Gasteiger partial charge in [-0.1, -0.05) is 30.3 Å². The third kappa shape index (κ3) is 1.81. The molecule has 102 valence electrons. The minimum atomic E-state index is -0.00972. The number of rotatable bonds is 3. The summed E-state index contributed by atoms with van der Waals surface area (Å²) in [5.41, 5.74) is 4.30. The van der Waals surface area contributed by atoms with Gasteiger partial charge in [-0.25, -0.2) is 0 Å². The van der Waals surface area contributed by atoms with Crippen molar-refractivity contribution in [2.75, 3.05) is 19.0 Å². The van der Waals surface area contributed by atoms with Crippen LogP contribution < -0.4 is 4.90 Å². The van der Waals surface area contributed by atoms with Crippen LogP contribution in [0.15, 0.2) is 45.6 Å². The minimum absolute atomic E-state index is 0.00972. The van der Waals surface area contributed by atoms with Crippen LogP contribution in [-0.2, 0) is 0 Å². The van der Waals surface area contributed by atoms with Crippen LogP contribution in [0.5, 0.6) is 0 Å². The molecule has 4 heteroatoms. The van der Waals surface area contributed by atoms with Crippen molar-refractivity contribution >= 4 is 22.6 Å². The molecule has 0 bridgehead atoms. The molecule has 0 spiro atoms. The molecule has 2 aromatic carbocycles. The first-order chi connectivity index (χ1) is 9.59. The summed E-state index contributed by atoms with van der Waals surface area (Å²) in [6.07, 6.45) is 0. The first kappa shape index (κ1) is 12.5. The van der Waals surface area contributed by atoms with Crippen LogP contribution in [-0.4, -0.2) is 19.9 Å². The van der Waals surface area contributed by atoms with Gasteiger partial charge in [0.05, 0.1) is 5.69 Å². The van der Waals surface area contributed by atoms with Crippen LogP contribution in [0.3, 0.4) is 0 Å². The maximum atomic E-state index is 12.6. The lowest BCUT2D eigenvalue weighted by Gasteiger charge is -2.17. The topological polar surface area (TPSA) is 46.6 Å². The summed E-state index contributed by atoms with van der Waals surface area (Å²) in [7, 11) is 3.81. The Morgan fingerprint density at radius 3 is 2.25 bits per heavy atom. The Hall–Kier alpha value is -2.49. The Morgan fingerprint density at radius 1 is 1.05 bits per heavy atom. The maximum Gasteiger partial charge on any atom is 0.249 e. The van der Waals surface area contributed by atoms with Crippen LogP contribution in [0, 0.1) is 6.92 Å². The molecule has 4 nitrogen and oxygen atoms in total. The standard InChI is InChI=1S/C16H15NO3/c1-10-12(14(18)11-7-5-4-6-8-11)9-13(17(2)3)16-15(10)19-20-16/h4-9H,1-3H3. The summed E-state index contributed by atoms with van der Waals surface area (Å²) in [6, 6.07) is 11.1. The second kappa shape index (κ2) is 4.56. The largest absolute Gasteiger partial charge is 0.374 e. The Kier molecular flexibility index (Phi) is 2.86. The summed E-state index contributed by atoms with van der Waals surface area (Å²) in [4.78, 5) is 14.5. The van der Waals surface area contributed by atoms with Crippen molar-refractivity contribution in [3.05, 3.63) is 53.1 Å². The molecule has 0 saturated heterocycles. The number of ketones is 1. The van der Waals surface area contributed by atoms with E-state index in [1.165, 1.54) is 0 Å². The third-order valence-electron chi connectivity index (χ3n) is 3.44. The summed E-state index contributed by atoms with van der Waals surface area (Å²) >= 11 is 0. The fraction of sp³-hybridized carbons (Fsp3) is 0.188. The highest BCUT2D eigenvalue weighted by Crippen LogP contribution is 2.34. The fourth-order valence-corrected chi connectivity index (χ4v) is 2.26. The molecule has 0 aliphatic heterocycles. The van der Waals surface area contributed by atoms with Crippen molar-refractivity contribution in [3.63, 3.8) is 0 Å². The van der Waals surface area contributed by atoms with Crippen molar-refractivity contribution in [1.82, 2.24) is 0 Å². The zero-order valence-electron chi connectivity index (χ0n) is 11.6. The molecule has 20 heavy (non-hydrogen) atoms. The van der Waals surface area contributed by atoms with E-state index in [0.717, 1.165) is 11.3 Å². The van der Waals surface area contributed by atoms with Gasteiger partial charge in [0, 0.05) is 30.8 Å². The third-order valence-corrected chi connectivity index (χ3v) is 3.44. The SMILES string of the molecule is Cc1c(C(=O)c2ccccc2)cc(N(C)C)c2ooc12. The van der Waals surface area contributed by atoms with E-state index in [2.05, 4.69) is 0 Å². The van der Waals surface area contributed by atoms with Crippen LogP contribution in [0.4, 0.5) is 5.69 Å². The molecular formula is C16H15NO3. The number of fused-ring (bicyclic) bond motifs is 1. The number of hydrogen-bond acceptors (Lipinski definition) is 4. The second-order valence-corrected chi connectivity index (χ2v) is 4.98. The number of aryl methyl sites for hydroxylation is 1. The predicted molar refractivity (Wildman–Crippen MR) is 77.4 cm³/mol. The summed E-state index contributed by atoms with van der Waals surface area (Å²) in [5.74, 6) is -0.00972. The predicted octanol–water partition coefficient (Wildman–Crippen LogP) is 3.63. The summed E-state index contributed by atoms with van der Waals surface area (Å²) in [5, 5.41) is 0. The number of carbonyl (C=O) groups excluding carboxylic acids is 1. The van der Waals surface area contributed by atoms with Crippen molar-refractivity contribution < 1.29 is 13.9 Å². The van der Waals surface area contributed by atoms with Crippen LogP contribution in [0.25, 0.3) is 11.2 Å². The van der Waals surface area contributed by atoms with E-state index in [0.29, 0.717) is 22.3 Å². The van der Waals surface area contributed by atoms with Crippen molar-refractivity contribution in [2.45, 2.75) is 6.92 Å². The molecule has 3 aromatic rings. The van der Waals surface area contributed by atoms with Gasteiger partial charge in [0.25, 0.3) is 0 Å². The van der Waals surface area contributed by atoms with E-state index >= 15 is 0 Å². The van der Waals surface area contributed by atoms with Crippen LogP contribution in [0.2, 0.25) is 0 Å². The van der Waals surface area contributed by atoms with E-state index < -0.39 is 0 Å². The summed E-state index contributed by atoms with van der Waals surface area (Å²) < 4.78 is 10.1. The number of benzene rings is 2. The molecule has 0 saturated carbocycles. The Balaban J connectivity index is 2.17. The van der Waals surface area contributed by atoms with Gasteiger partial charge in [0.2, 0.25) is 11.2 Å². The molecule has 1 heterocycles. The molecule has 0 unspecified atom stereocenters. The molecule has 0 fully saturated rings. The van der Waals surface area contributed by atoms with Crippen molar-refractivity contribution in [3.8, 4) is 0 Å². The Bertz CT molecular complexity index is 766. The van der Waals surface area contributed by atoms with Gasteiger partial charge in [0.1, 0.15) is 0 Å². The second-order valence-electron chi connectivity index (χ2n) is 4.98. The summed E-state index contributed by atoms with van der Waals surface area (Å²) in [6.45, 7) is 1.87. The minimum Gasteiger partial charge on any atom is -0.374 e. The van der Waals surface area contributed by atoms with Crippen molar-refractivity contribution in [1.29, 1.82) is 0 Å². The van der Waals surface area contributed by atoms with E-state index in [1.54, 1.807) is 0 Å². The molecule has 0 aliphatic carbocycles. The highest BCUT2D eigenvalue weighted by atomic mass is 17.0. The van der Waals surface area contributed by atoms with Gasteiger partial charge in [0.15, 0.2) is 5.78 Å². The van der Waals surface area contributed by atoms with Gasteiger partial charge < -0.3 is 4.90 Å². The molecule has 0 atom stereocenters.